The van der Waals surface area contributed by atoms with E-state index in [4.69, 9.17) is 14.2 Å². The van der Waals surface area contributed by atoms with Gasteiger partial charge in [0.15, 0.2) is 18.2 Å². The summed E-state index contributed by atoms with van der Waals surface area (Å²) in [6.45, 7) is 2.72. The number of nitro groups is 1. The number of para-hydroxylation sites is 1. The molecule has 0 aromatic heterocycles. The van der Waals surface area contributed by atoms with Crippen LogP contribution in [0.2, 0.25) is 0 Å². The van der Waals surface area contributed by atoms with Gasteiger partial charge in [-0.2, -0.15) is 0 Å². The number of anilines is 2. The monoisotopic (exact) mass is 469 g/mol. The van der Waals surface area contributed by atoms with Gasteiger partial charge in [0.1, 0.15) is 11.8 Å². The Balaban J connectivity index is 1.29. The molecule has 2 saturated heterocycles. The molecule has 0 spiro atoms. The number of carbonyl (C=O) groups is 1. The van der Waals surface area contributed by atoms with Gasteiger partial charge in [0, 0.05) is 43.5 Å². The number of hydrogen-bond acceptors (Lipinski definition) is 10. The molecule has 0 bridgehead atoms. The number of piperazine rings is 1. The number of ether oxygens (including phenoxy) is 3. The van der Waals surface area contributed by atoms with E-state index in [0.29, 0.717) is 24.3 Å². The van der Waals surface area contributed by atoms with Crippen LogP contribution in [0, 0.1) is 10.1 Å². The quantitative estimate of drug-likeness (QED) is 0.382. The summed E-state index contributed by atoms with van der Waals surface area (Å²) in [6, 6.07) is 14.8. The van der Waals surface area contributed by atoms with E-state index < -0.39 is 40.9 Å². The Morgan fingerprint density at radius 3 is 2.35 bits per heavy atom. The van der Waals surface area contributed by atoms with Crippen LogP contribution < -0.4 is 9.80 Å². The number of nitrogens with zero attached hydrogens (tertiary/aromatic N) is 3. The summed E-state index contributed by atoms with van der Waals surface area (Å²) in [7, 11) is 0. The number of nitro benzene ring substituents is 1. The number of cyclic esters (lactones) is 1. The fourth-order valence-corrected chi connectivity index (χ4v) is 4.42. The molecule has 178 valence electrons. The maximum atomic E-state index is 11.9. The minimum atomic E-state index is -1.19. The largest absolute Gasteiger partial charge is 0.505 e. The molecule has 11 heteroatoms. The lowest BCUT2D eigenvalue weighted by Gasteiger charge is -2.37. The average molecular weight is 469 g/mol. The Morgan fingerprint density at radius 2 is 1.71 bits per heavy atom. The molecule has 3 atom stereocenters. The zero-order chi connectivity index (χ0) is 23.8. The van der Waals surface area contributed by atoms with Gasteiger partial charge >= 0.3 is 5.97 Å². The summed E-state index contributed by atoms with van der Waals surface area (Å²) in [5.41, 5.74) is 2.01. The van der Waals surface area contributed by atoms with Crippen molar-refractivity contribution in [2.75, 3.05) is 42.6 Å². The molecule has 0 amide bonds. The highest BCUT2D eigenvalue weighted by atomic mass is 16.7. The lowest BCUT2D eigenvalue weighted by molar-refractivity contribution is -0.384. The summed E-state index contributed by atoms with van der Waals surface area (Å²) in [5, 5.41) is 31.2. The number of hydrogen-bond donors (Lipinski definition) is 2. The van der Waals surface area contributed by atoms with Gasteiger partial charge in [0.05, 0.1) is 11.5 Å². The van der Waals surface area contributed by atoms with Crippen LogP contribution in [-0.2, 0) is 19.0 Å². The van der Waals surface area contributed by atoms with Crippen molar-refractivity contribution < 1.29 is 34.1 Å². The van der Waals surface area contributed by atoms with E-state index in [-0.39, 0.29) is 12.3 Å². The fraction of sp³-hybridized carbons (Fsp3) is 0.348. The van der Waals surface area contributed by atoms with Gasteiger partial charge < -0.3 is 34.2 Å². The first-order chi connectivity index (χ1) is 16.4. The molecule has 3 heterocycles. The maximum Gasteiger partial charge on any atom is 0.377 e. The van der Waals surface area contributed by atoms with Gasteiger partial charge in [-0.25, -0.2) is 4.79 Å². The first kappa shape index (κ1) is 22.0. The smallest absolute Gasteiger partial charge is 0.377 e. The third-order valence-electron chi connectivity index (χ3n) is 6.20. The van der Waals surface area contributed by atoms with Gasteiger partial charge in [-0.05, 0) is 18.2 Å². The third kappa shape index (κ3) is 3.99. The predicted octanol–water partition coefficient (Wildman–Crippen LogP) is 2.59. The first-order valence-electron chi connectivity index (χ1n) is 10.9. The summed E-state index contributed by atoms with van der Waals surface area (Å²) >= 11 is 0. The molecule has 0 radical (unpaired) electrons. The van der Waals surface area contributed by atoms with Crippen molar-refractivity contribution in [1.82, 2.24) is 0 Å². The topological polar surface area (TPSA) is 135 Å². The Bertz CT molecular complexity index is 1130. The Labute approximate surface area is 194 Å². The minimum Gasteiger partial charge on any atom is -0.505 e. The van der Waals surface area contributed by atoms with Crippen molar-refractivity contribution in [2.45, 2.75) is 18.5 Å². The first-order valence-corrected chi connectivity index (χ1v) is 10.9. The second-order valence-electron chi connectivity index (χ2n) is 8.21. The number of esters is 1. The van der Waals surface area contributed by atoms with E-state index in [9.17, 15) is 25.1 Å². The summed E-state index contributed by atoms with van der Waals surface area (Å²) in [4.78, 5) is 27.1. The molecule has 5 rings (SSSR count). The van der Waals surface area contributed by atoms with Gasteiger partial charge in [-0.3, -0.25) is 10.1 Å². The van der Waals surface area contributed by atoms with Crippen LogP contribution >= 0.6 is 0 Å². The Morgan fingerprint density at radius 1 is 1.00 bits per heavy atom. The second kappa shape index (κ2) is 8.84. The lowest BCUT2D eigenvalue weighted by atomic mass is 10.1. The SMILES string of the molecule is O=C1O[C@H]([C@@H]2CO[C@@H](c3ccc(N4CCN(c5ccccc5)CC4)c([N+](=O)[O-])c3)O2)C(O)=C1O. The van der Waals surface area contributed by atoms with Crippen LogP contribution in [0.4, 0.5) is 17.1 Å². The average Bonchev–Trinajstić information content (AvgIpc) is 3.45. The summed E-state index contributed by atoms with van der Waals surface area (Å²) < 4.78 is 16.2. The molecule has 3 aliphatic rings. The van der Waals surface area contributed by atoms with Gasteiger partial charge in [-0.15, -0.1) is 0 Å². The summed E-state index contributed by atoms with van der Waals surface area (Å²) in [6.07, 6.45) is -2.99. The Hall–Kier alpha value is -3.83. The van der Waals surface area contributed by atoms with E-state index in [1.807, 2.05) is 35.2 Å². The maximum absolute atomic E-state index is 11.9. The highest BCUT2D eigenvalue weighted by Gasteiger charge is 2.45. The molecule has 0 saturated carbocycles. The fourth-order valence-electron chi connectivity index (χ4n) is 4.42. The zero-order valence-corrected chi connectivity index (χ0v) is 18.1. The van der Waals surface area contributed by atoms with Crippen LogP contribution in [0.25, 0.3) is 0 Å². The Kier molecular flexibility index (Phi) is 5.72. The van der Waals surface area contributed by atoms with E-state index in [0.717, 1.165) is 18.8 Å². The molecule has 2 fully saturated rings. The van der Waals surface area contributed by atoms with Gasteiger partial charge in [0.2, 0.25) is 5.76 Å². The van der Waals surface area contributed by atoms with E-state index in [1.165, 1.54) is 6.07 Å². The van der Waals surface area contributed by atoms with E-state index in [2.05, 4.69) is 4.90 Å². The van der Waals surface area contributed by atoms with Crippen LogP contribution in [0.5, 0.6) is 0 Å². The molecule has 11 nitrogen and oxygen atoms in total. The normalized spacial score (nSPS) is 25.1. The van der Waals surface area contributed by atoms with Gasteiger partial charge in [0.25, 0.3) is 5.69 Å². The molecule has 0 aliphatic carbocycles. The number of aliphatic hydroxyl groups is 2. The third-order valence-corrected chi connectivity index (χ3v) is 6.20. The van der Waals surface area contributed by atoms with Crippen molar-refractivity contribution in [3.05, 3.63) is 75.7 Å². The van der Waals surface area contributed by atoms with E-state index >= 15 is 0 Å². The molecule has 2 aromatic carbocycles. The molecular weight excluding hydrogens is 446 g/mol. The molecule has 2 N–H and O–H groups in total. The van der Waals surface area contributed by atoms with E-state index in [1.54, 1.807) is 12.1 Å². The standard InChI is InChI=1S/C23H23N3O8/c27-19-20(28)22(29)34-21(19)18-13-32-23(33-18)14-6-7-16(17(12-14)26(30)31)25-10-8-24(9-11-25)15-4-2-1-3-5-15/h1-7,12,18,21,23,27-28H,8-11,13H2/t18-,21+,23+/m0/s1. The molecule has 2 aromatic rings. The highest BCUT2D eigenvalue weighted by Crippen LogP contribution is 2.37. The van der Waals surface area contributed by atoms with Crippen LogP contribution in [-0.4, -0.2) is 66.1 Å². The van der Waals surface area contributed by atoms with Crippen molar-refractivity contribution in [3.8, 4) is 0 Å². The summed E-state index contributed by atoms with van der Waals surface area (Å²) in [5.74, 6) is -2.51. The van der Waals surface area contributed by atoms with Gasteiger partial charge in [-0.1, -0.05) is 24.3 Å². The molecular formula is C23H23N3O8. The number of aliphatic hydroxyl groups excluding tert-OH is 2. The molecule has 3 aliphatic heterocycles. The van der Waals surface area contributed by atoms with Crippen LogP contribution in [0.3, 0.4) is 0 Å². The second-order valence-corrected chi connectivity index (χ2v) is 8.21. The number of benzene rings is 2. The molecule has 34 heavy (non-hydrogen) atoms. The molecule has 0 unspecified atom stereocenters. The minimum absolute atomic E-state index is 0.0308. The van der Waals surface area contributed by atoms with Crippen LogP contribution in [0.1, 0.15) is 11.9 Å². The van der Waals surface area contributed by atoms with Crippen molar-refractivity contribution >= 4 is 23.0 Å². The number of rotatable bonds is 5. The van der Waals surface area contributed by atoms with Crippen molar-refractivity contribution in [2.24, 2.45) is 0 Å². The lowest BCUT2D eigenvalue weighted by Crippen LogP contribution is -2.46. The highest BCUT2D eigenvalue weighted by molar-refractivity contribution is 5.89. The van der Waals surface area contributed by atoms with Crippen molar-refractivity contribution in [3.63, 3.8) is 0 Å². The van der Waals surface area contributed by atoms with Crippen molar-refractivity contribution in [1.29, 1.82) is 0 Å². The number of carbonyl (C=O) groups excluding carboxylic acids is 1. The van der Waals surface area contributed by atoms with Crippen LogP contribution in [0.15, 0.2) is 60.0 Å². The predicted molar refractivity (Wildman–Crippen MR) is 120 cm³/mol. The zero-order valence-electron chi connectivity index (χ0n) is 18.1.